The first-order valence-electron chi connectivity index (χ1n) is 21.0. The highest BCUT2D eigenvalue weighted by molar-refractivity contribution is 7.91. The number of carbonyl (C=O) groups is 4. The number of alkyl halides is 2. The van der Waals surface area contributed by atoms with E-state index in [1.54, 1.807) is 13.1 Å². The van der Waals surface area contributed by atoms with Gasteiger partial charge in [0.25, 0.3) is 5.92 Å². The number of esters is 1. The second-order valence-corrected chi connectivity index (χ2v) is 20.9. The number of carbonyl (C=O) groups excluding carboxylic acids is 4. The molecule has 0 radical (unpaired) electrons. The summed E-state index contributed by atoms with van der Waals surface area (Å²) in [5.74, 6) is -6.71. The van der Waals surface area contributed by atoms with Crippen LogP contribution in [0.25, 0.3) is 10.8 Å². The minimum atomic E-state index is -4.00. The van der Waals surface area contributed by atoms with E-state index in [1.165, 1.54) is 4.90 Å². The molecule has 5 aliphatic rings. The largest absolute Gasteiger partial charge is 0.493 e. The Morgan fingerprint density at radius 2 is 1.83 bits per heavy atom. The van der Waals surface area contributed by atoms with Crippen LogP contribution in [-0.4, -0.2) is 83.4 Å². The van der Waals surface area contributed by atoms with Gasteiger partial charge in [-0.05, 0) is 108 Å². The zero-order chi connectivity index (χ0) is 42.7. The Bertz CT molecular complexity index is 2150. The van der Waals surface area contributed by atoms with Crippen LogP contribution in [0.5, 0.6) is 11.6 Å². The Balaban J connectivity index is 1.23. The number of benzene rings is 1. The van der Waals surface area contributed by atoms with Crippen molar-refractivity contribution in [3.05, 3.63) is 42.1 Å². The maximum Gasteiger partial charge on any atom is 0.307 e. The number of Topliss-reactive ketones (excluding diaryl/α,β-unsaturated/α-hetero) is 1. The summed E-state index contributed by atoms with van der Waals surface area (Å²) in [7, 11) is -4.00. The molecule has 7 rings (SSSR count). The van der Waals surface area contributed by atoms with Gasteiger partial charge in [-0.15, -0.1) is 0 Å². The van der Waals surface area contributed by atoms with Crippen molar-refractivity contribution in [3.63, 3.8) is 0 Å². The molecule has 0 spiro atoms. The van der Waals surface area contributed by atoms with Crippen molar-refractivity contribution in [3.8, 4) is 11.6 Å². The third-order valence-electron chi connectivity index (χ3n) is 13.7. The highest BCUT2D eigenvalue weighted by atomic mass is 32.2. The number of ether oxygens (including phenoxy) is 3. The summed E-state index contributed by atoms with van der Waals surface area (Å²) in [5, 5.41) is 1.52. The molecule has 3 fully saturated rings. The number of hydrogen-bond donors (Lipinski definition) is 1. The van der Waals surface area contributed by atoms with Gasteiger partial charge < -0.3 is 19.1 Å². The van der Waals surface area contributed by atoms with Crippen LogP contribution in [0.3, 0.4) is 0 Å². The van der Waals surface area contributed by atoms with E-state index in [9.17, 15) is 36.4 Å². The van der Waals surface area contributed by atoms with Crippen molar-refractivity contribution in [2.75, 3.05) is 13.2 Å². The van der Waals surface area contributed by atoms with Crippen LogP contribution in [0.2, 0.25) is 0 Å². The summed E-state index contributed by atoms with van der Waals surface area (Å²) in [6, 6.07) is 4.65. The number of nitrogens with zero attached hydrogens (tertiary/aromatic N) is 2. The molecule has 1 aromatic heterocycles. The van der Waals surface area contributed by atoms with E-state index in [4.69, 9.17) is 14.2 Å². The second-order valence-electron chi connectivity index (χ2n) is 18.7. The van der Waals surface area contributed by atoms with Gasteiger partial charge in [-0.1, -0.05) is 32.1 Å². The molecule has 1 aromatic carbocycles. The van der Waals surface area contributed by atoms with Gasteiger partial charge in [-0.3, -0.25) is 23.9 Å². The number of pyridine rings is 1. The molecule has 3 aliphatic heterocycles. The number of rotatable bonds is 9. The summed E-state index contributed by atoms with van der Waals surface area (Å²) in [5.41, 5.74) is -2.40. The highest BCUT2D eigenvalue weighted by Crippen LogP contribution is 2.58. The van der Waals surface area contributed by atoms with Gasteiger partial charge in [0.15, 0.2) is 11.4 Å². The maximum atomic E-state index is 15.0. The molecule has 322 valence electrons. The van der Waals surface area contributed by atoms with Gasteiger partial charge in [0.05, 0.1) is 41.7 Å². The third kappa shape index (κ3) is 8.59. The number of fused-ring (bicyclic) bond motifs is 5. The van der Waals surface area contributed by atoms with Crippen molar-refractivity contribution in [1.29, 1.82) is 0 Å². The zero-order valence-electron chi connectivity index (χ0n) is 34.9. The molecule has 2 amide bonds. The summed E-state index contributed by atoms with van der Waals surface area (Å²) >= 11 is 0. The lowest BCUT2D eigenvalue weighted by Crippen LogP contribution is -2.49. The van der Waals surface area contributed by atoms with Crippen molar-refractivity contribution in [1.82, 2.24) is 14.6 Å². The fourth-order valence-electron chi connectivity index (χ4n) is 8.98. The number of aromatic nitrogens is 1. The van der Waals surface area contributed by atoms with Gasteiger partial charge in [-0.2, -0.15) is 0 Å². The second kappa shape index (κ2) is 15.7. The minimum absolute atomic E-state index is 0.0374. The number of nitrogens with one attached hydrogen (secondary N) is 1. The molecule has 15 heteroatoms. The van der Waals surface area contributed by atoms with Gasteiger partial charge in [0, 0.05) is 36.7 Å². The molecule has 2 aromatic rings. The molecule has 12 nitrogen and oxygen atoms in total. The Hall–Kier alpha value is -4.14. The van der Waals surface area contributed by atoms with Gasteiger partial charge >= 0.3 is 5.97 Å². The van der Waals surface area contributed by atoms with Crippen LogP contribution in [-0.2, 0) is 40.4 Å². The van der Waals surface area contributed by atoms with Crippen LogP contribution in [0.1, 0.15) is 111 Å². The normalized spacial score (nSPS) is 30.4. The molecule has 7 atom stereocenters. The molecule has 2 aliphatic carbocycles. The highest BCUT2D eigenvalue weighted by Gasteiger charge is 2.63. The Morgan fingerprint density at radius 3 is 2.54 bits per heavy atom. The molecule has 59 heavy (non-hydrogen) atoms. The Labute approximate surface area is 345 Å². The molecule has 2 saturated carbocycles. The van der Waals surface area contributed by atoms with Crippen molar-refractivity contribution >= 4 is 44.4 Å². The first-order chi connectivity index (χ1) is 27.6. The molecule has 0 unspecified atom stereocenters. The summed E-state index contributed by atoms with van der Waals surface area (Å²) in [4.78, 5) is 63.1. The number of aryl methyl sites for hydroxylation is 1. The predicted molar refractivity (Wildman–Crippen MR) is 215 cm³/mol. The first-order valence-corrected chi connectivity index (χ1v) is 22.5. The Kier molecular flexibility index (Phi) is 11.4. The van der Waals surface area contributed by atoms with Crippen LogP contribution in [0, 0.1) is 29.1 Å². The number of halogens is 2. The number of hydrogen-bond acceptors (Lipinski definition) is 10. The lowest BCUT2D eigenvalue weighted by atomic mass is 9.82. The summed E-state index contributed by atoms with van der Waals surface area (Å²) in [6.45, 7) is 8.90. The number of ketones is 1. The predicted octanol–water partition coefficient (Wildman–Crippen LogP) is 6.87. The quantitative estimate of drug-likeness (QED) is 0.209. The number of amides is 2. The van der Waals surface area contributed by atoms with E-state index in [0.717, 1.165) is 43.4 Å². The molecule has 4 heterocycles. The monoisotopic (exact) mass is 841 g/mol. The van der Waals surface area contributed by atoms with E-state index in [-0.39, 0.29) is 37.6 Å². The van der Waals surface area contributed by atoms with E-state index in [1.807, 2.05) is 44.2 Å². The lowest BCUT2D eigenvalue weighted by molar-refractivity contribution is -0.197. The topological polar surface area (TPSA) is 158 Å². The van der Waals surface area contributed by atoms with Gasteiger partial charge in [0.1, 0.15) is 11.9 Å². The van der Waals surface area contributed by atoms with Crippen LogP contribution in [0.4, 0.5) is 8.78 Å². The molecule has 1 N–H and O–H groups in total. The van der Waals surface area contributed by atoms with E-state index < -0.39 is 85.7 Å². The SMILES string of the molecule is C[C@@H]1CC/C=C\[C@@H]2C[C@@]2(C(=O)NS(=O)(=O)C2(C)CC2)CC(=O)[C@@H]2C[C@@H](Oc3nccc4c5c(ccc34)CCCO5)CN2C(=O)[C@@H](CC(=O)OC(C)(C)C(C)(F)F)[C@H](C)C1. The molecule has 0 bridgehead atoms. The van der Waals surface area contributed by atoms with Crippen molar-refractivity contribution in [2.45, 2.75) is 141 Å². The molecular formula is C44H57F2N3O9S. The minimum Gasteiger partial charge on any atom is -0.493 e. The fourth-order valence-corrected chi connectivity index (χ4v) is 10.3. The molecular weight excluding hydrogens is 785 g/mol. The third-order valence-corrected chi connectivity index (χ3v) is 15.8. The van der Waals surface area contributed by atoms with Crippen LogP contribution < -0.4 is 14.2 Å². The molecule has 1 saturated heterocycles. The standard InChI is InChI=1S/C44H57F2N3O9S/c1-26-10-7-8-12-29-23-44(29,40(53)48-59(54,55)42(5)16-17-42)24-35(50)34-21-30(57-38-32-14-13-28-11-9-19-56-37(28)31(32)15-18-47-38)25-49(34)39(52)33(27(2)20-26)22-36(51)58-41(3,4)43(6,45)46/h8,12-15,18,26-27,29-30,33-34H,7,9-11,16-17,19-25H2,1-6H3,(H,48,53)/b12-8-/t26-,27-,29-,30-,33+,34+,44-/m1/s1. The number of sulfonamides is 1. The maximum absolute atomic E-state index is 15.0. The summed E-state index contributed by atoms with van der Waals surface area (Å²) in [6.07, 6.45) is 8.73. The van der Waals surface area contributed by atoms with E-state index >= 15 is 0 Å². The van der Waals surface area contributed by atoms with Gasteiger partial charge in [-0.25, -0.2) is 22.2 Å². The van der Waals surface area contributed by atoms with Crippen LogP contribution in [0.15, 0.2) is 36.5 Å². The average molecular weight is 842 g/mol. The van der Waals surface area contributed by atoms with Crippen molar-refractivity contribution < 1.29 is 50.6 Å². The lowest BCUT2D eigenvalue weighted by Gasteiger charge is -2.34. The fraction of sp³-hybridized carbons (Fsp3) is 0.659. The summed E-state index contributed by atoms with van der Waals surface area (Å²) < 4.78 is 74.6. The zero-order valence-corrected chi connectivity index (χ0v) is 35.7. The number of allylic oxidation sites excluding steroid dienone is 2. The Morgan fingerprint density at radius 1 is 1.08 bits per heavy atom. The van der Waals surface area contributed by atoms with E-state index in [2.05, 4.69) is 9.71 Å². The van der Waals surface area contributed by atoms with E-state index in [0.29, 0.717) is 56.9 Å². The van der Waals surface area contributed by atoms with Gasteiger partial charge in [0.2, 0.25) is 27.7 Å². The first kappa shape index (κ1) is 43.0. The average Bonchev–Trinajstić information content (AvgIpc) is 4.04. The smallest absolute Gasteiger partial charge is 0.307 e. The van der Waals surface area contributed by atoms with Crippen molar-refractivity contribution in [2.24, 2.45) is 29.1 Å². The van der Waals surface area contributed by atoms with Crippen LogP contribution >= 0.6 is 0 Å².